The van der Waals surface area contributed by atoms with Gasteiger partial charge in [0, 0.05) is 6.20 Å². The van der Waals surface area contributed by atoms with E-state index in [0.29, 0.717) is 5.02 Å². The molecule has 0 spiro atoms. The smallest absolute Gasteiger partial charge is 0.332 e. The topological polar surface area (TPSA) is 55.1 Å². The number of aliphatic carboxylic acids is 1. The van der Waals surface area contributed by atoms with E-state index < -0.39 is 5.97 Å². The van der Waals surface area contributed by atoms with Crippen LogP contribution in [0.5, 0.6) is 0 Å². The van der Waals surface area contributed by atoms with Crippen LogP contribution in [0, 0.1) is 0 Å². The van der Waals surface area contributed by atoms with Crippen molar-refractivity contribution in [2.75, 3.05) is 0 Å². The Hall–Kier alpha value is -1.29. The number of rotatable bonds is 3. The SMILES string of the molecule is C=C(Cn1cc(Cl)cn1)C(=O)O. The van der Waals surface area contributed by atoms with Crippen LogP contribution in [0.2, 0.25) is 5.02 Å². The predicted octanol–water partition coefficient (Wildman–Crippen LogP) is 1.18. The summed E-state index contributed by atoms with van der Waals surface area (Å²) in [6.07, 6.45) is 2.98. The van der Waals surface area contributed by atoms with E-state index in [-0.39, 0.29) is 12.1 Å². The van der Waals surface area contributed by atoms with Gasteiger partial charge >= 0.3 is 5.97 Å². The summed E-state index contributed by atoms with van der Waals surface area (Å²) in [4.78, 5) is 10.3. The molecule has 0 bridgehead atoms. The fraction of sp³-hybridized carbons (Fsp3) is 0.143. The summed E-state index contributed by atoms with van der Waals surface area (Å²) >= 11 is 5.56. The standard InChI is InChI=1S/C7H7ClN2O2/c1-5(7(11)12)3-10-4-6(8)2-9-10/h2,4H,1,3H2,(H,11,12). The zero-order chi connectivity index (χ0) is 9.14. The van der Waals surface area contributed by atoms with Crippen molar-refractivity contribution in [1.82, 2.24) is 9.78 Å². The highest BCUT2D eigenvalue weighted by atomic mass is 35.5. The predicted molar refractivity (Wildman–Crippen MR) is 44.0 cm³/mol. The molecule has 64 valence electrons. The molecular formula is C7H7ClN2O2. The molecule has 1 N–H and O–H groups in total. The first-order valence-corrected chi connectivity index (χ1v) is 3.56. The van der Waals surface area contributed by atoms with Crippen LogP contribution < -0.4 is 0 Å². The zero-order valence-corrected chi connectivity index (χ0v) is 6.95. The summed E-state index contributed by atoms with van der Waals surface area (Å²) < 4.78 is 1.42. The van der Waals surface area contributed by atoms with Crippen LogP contribution in [0.25, 0.3) is 0 Å². The molecule has 4 nitrogen and oxygen atoms in total. The average Bonchev–Trinajstić information content (AvgIpc) is 2.35. The normalized spacial score (nSPS) is 9.75. The van der Waals surface area contributed by atoms with Crippen LogP contribution in [0.3, 0.4) is 0 Å². The van der Waals surface area contributed by atoms with E-state index in [4.69, 9.17) is 16.7 Å². The van der Waals surface area contributed by atoms with E-state index in [1.165, 1.54) is 17.1 Å². The molecule has 0 unspecified atom stereocenters. The fourth-order valence-electron chi connectivity index (χ4n) is 0.688. The Morgan fingerprint density at radius 1 is 1.83 bits per heavy atom. The van der Waals surface area contributed by atoms with E-state index in [1.54, 1.807) is 0 Å². The third-order valence-electron chi connectivity index (χ3n) is 1.26. The quantitative estimate of drug-likeness (QED) is 0.722. The number of carboxylic acids is 1. The highest BCUT2D eigenvalue weighted by Crippen LogP contribution is 2.06. The summed E-state index contributed by atoms with van der Waals surface area (Å²) in [6.45, 7) is 3.51. The fourth-order valence-corrected chi connectivity index (χ4v) is 0.844. The molecule has 1 heterocycles. The molecule has 5 heteroatoms. The summed E-state index contributed by atoms with van der Waals surface area (Å²) in [7, 11) is 0. The minimum Gasteiger partial charge on any atom is -0.478 e. The zero-order valence-electron chi connectivity index (χ0n) is 6.20. The molecule has 0 saturated carbocycles. The van der Waals surface area contributed by atoms with Crippen molar-refractivity contribution in [2.24, 2.45) is 0 Å². The van der Waals surface area contributed by atoms with Crippen LogP contribution in [0.1, 0.15) is 0 Å². The van der Waals surface area contributed by atoms with Crippen molar-refractivity contribution in [1.29, 1.82) is 0 Å². The summed E-state index contributed by atoms with van der Waals surface area (Å²) in [5.74, 6) is -1.03. The van der Waals surface area contributed by atoms with Gasteiger partial charge in [-0.05, 0) is 0 Å². The minimum absolute atomic E-state index is 0.0785. The Morgan fingerprint density at radius 2 is 2.50 bits per heavy atom. The van der Waals surface area contributed by atoms with Gasteiger partial charge in [-0.2, -0.15) is 5.10 Å². The largest absolute Gasteiger partial charge is 0.478 e. The van der Waals surface area contributed by atoms with Crippen LogP contribution in [0.4, 0.5) is 0 Å². The van der Waals surface area contributed by atoms with Gasteiger partial charge < -0.3 is 5.11 Å². The Balaban J connectivity index is 2.64. The molecule has 0 radical (unpaired) electrons. The van der Waals surface area contributed by atoms with Gasteiger partial charge in [0.05, 0.1) is 23.3 Å². The van der Waals surface area contributed by atoms with Crippen molar-refractivity contribution in [2.45, 2.75) is 6.54 Å². The third-order valence-corrected chi connectivity index (χ3v) is 1.45. The number of aromatic nitrogens is 2. The molecule has 0 amide bonds. The Labute approximate surface area is 74.1 Å². The van der Waals surface area contributed by atoms with Crippen LogP contribution in [-0.4, -0.2) is 20.9 Å². The monoisotopic (exact) mass is 186 g/mol. The highest BCUT2D eigenvalue weighted by molar-refractivity contribution is 6.30. The number of hydrogen-bond donors (Lipinski definition) is 1. The lowest BCUT2D eigenvalue weighted by Crippen LogP contribution is -2.08. The average molecular weight is 187 g/mol. The second-order valence-corrected chi connectivity index (χ2v) is 2.70. The summed E-state index contributed by atoms with van der Waals surface area (Å²) in [5, 5.41) is 12.8. The van der Waals surface area contributed by atoms with Crippen molar-refractivity contribution in [3.05, 3.63) is 29.6 Å². The summed E-state index contributed by atoms with van der Waals surface area (Å²) in [6, 6.07) is 0. The van der Waals surface area contributed by atoms with Gasteiger partial charge in [-0.15, -0.1) is 0 Å². The van der Waals surface area contributed by atoms with Crippen LogP contribution in [-0.2, 0) is 11.3 Å². The molecule has 0 fully saturated rings. The van der Waals surface area contributed by atoms with Gasteiger partial charge in [0.15, 0.2) is 0 Å². The number of hydrogen-bond acceptors (Lipinski definition) is 2. The van der Waals surface area contributed by atoms with Gasteiger partial charge in [-0.1, -0.05) is 18.2 Å². The first-order chi connectivity index (χ1) is 5.59. The molecule has 1 aromatic rings. The second-order valence-electron chi connectivity index (χ2n) is 2.26. The maximum Gasteiger partial charge on any atom is 0.332 e. The van der Waals surface area contributed by atoms with E-state index in [0.717, 1.165) is 0 Å². The molecular weight excluding hydrogens is 180 g/mol. The Kier molecular flexibility index (Phi) is 2.50. The number of nitrogens with zero attached hydrogens (tertiary/aromatic N) is 2. The minimum atomic E-state index is -1.03. The van der Waals surface area contributed by atoms with E-state index >= 15 is 0 Å². The number of halogens is 1. The molecule has 1 aromatic heterocycles. The van der Waals surface area contributed by atoms with E-state index in [2.05, 4.69) is 11.7 Å². The summed E-state index contributed by atoms with van der Waals surface area (Å²) in [5.41, 5.74) is 0.0785. The molecule has 0 aliphatic heterocycles. The molecule has 12 heavy (non-hydrogen) atoms. The first kappa shape index (κ1) is 8.80. The molecule has 0 aliphatic carbocycles. The number of carbonyl (C=O) groups is 1. The second kappa shape index (κ2) is 3.40. The number of carboxylic acid groups (broad SMARTS) is 1. The highest BCUT2D eigenvalue weighted by Gasteiger charge is 2.04. The lowest BCUT2D eigenvalue weighted by molar-refractivity contribution is -0.132. The molecule has 0 aliphatic rings. The molecule has 0 aromatic carbocycles. The van der Waals surface area contributed by atoms with Crippen LogP contribution in [0.15, 0.2) is 24.5 Å². The first-order valence-electron chi connectivity index (χ1n) is 3.18. The lowest BCUT2D eigenvalue weighted by Gasteiger charge is -1.98. The van der Waals surface area contributed by atoms with Gasteiger partial charge in [0.2, 0.25) is 0 Å². The van der Waals surface area contributed by atoms with Crippen LogP contribution >= 0.6 is 11.6 Å². The Bertz CT molecular complexity index is 319. The van der Waals surface area contributed by atoms with Gasteiger partial charge in [-0.25, -0.2) is 4.79 Å². The third kappa shape index (κ3) is 2.10. The Morgan fingerprint density at radius 3 is 2.92 bits per heavy atom. The maximum absolute atomic E-state index is 10.3. The van der Waals surface area contributed by atoms with Gasteiger partial charge in [0.25, 0.3) is 0 Å². The van der Waals surface area contributed by atoms with Crippen molar-refractivity contribution in [3.63, 3.8) is 0 Å². The van der Waals surface area contributed by atoms with Gasteiger partial charge in [-0.3, -0.25) is 4.68 Å². The molecule has 0 saturated heterocycles. The van der Waals surface area contributed by atoms with Crippen molar-refractivity contribution < 1.29 is 9.90 Å². The van der Waals surface area contributed by atoms with E-state index in [1.807, 2.05) is 0 Å². The van der Waals surface area contributed by atoms with Crippen molar-refractivity contribution in [3.8, 4) is 0 Å². The lowest BCUT2D eigenvalue weighted by atomic mass is 10.3. The molecule has 0 atom stereocenters. The van der Waals surface area contributed by atoms with Gasteiger partial charge in [0.1, 0.15) is 0 Å². The van der Waals surface area contributed by atoms with Crippen molar-refractivity contribution >= 4 is 17.6 Å². The van der Waals surface area contributed by atoms with E-state index in [9.17, 15) is 4.79 Å². The molecule has 1 rings (SSSR count). The maximum atomic E-state index is 10.3.